The van der Waals surface area contributed by atoms with Gasteiger partial charge in [-0.1, -0.05) is 41.5 Å². The summed E-state index contributed by atoms with van der Waals surface area (Å²) in [7, 11) is 0. The third kappa shape index (κ3) is 5.33. The highest BCUT2D eigenvalue weighted by molar-refractivity contribution is 7.80. The molecule has 1 aromatic heterocycles. The van der Waals surface area contributed by atoms with E-state index in [0.29, 0.717) is 5.11 Å². The molecule has 4 nitrogen and oxygen atoms in total. The number of rotatable bonds is 5. The Hall–Kier alpha value is -2.92. The summed E-state index contributed by atoms with van der Waals surface area (Å²) in [5, 5.41) is 8.06. The minimum atomic E-state index is 0.476. The molecule has 3 rings (SSSR count). The van der Waals surface area contributed by atoms with Gasteiger partial charge in [-0.2, -0.15) is 5.10 Å². The number of aryl methyl sites for hydroxylation is 5. The second-order valence-electron chi connectivity index (χ2n) is 7.59. The maximum atomic E-state index is 5.41. The van der Waals surface area contributed by atoms with Gasteiger partial charge < -0.3 is 9.88 Å². The highest BCUT2D eigenvalue weighted by atomic mass is 32.1. The van der Waals surface area contributed by atoms with Gasteiger partial charge in [-0.15, -0.1) is 0 Å². The van der Waals surface area contributed by atoms with E-state index in [1.54, 1.807) is 6.21 Å². The van der Waals surface area contributed by atoms with Crippen LogP contribution in [0.4, 0.5) is 5.69 Å². The monoisotopic (exact) mass is 404 g/mol. The average molecular weight is 405 g/mol. The molecule has 5 heteroatoms. The largest absolute Gasteiger partial charge is 0.342 e. The number of hydrogen-bond donors (Lipinski definition) is 2. The van der Waals surface area contributed by atoms with E-state index < -0.39 is 0 Å². The fourth-order valence-corrected chi connectivity index (χ4v) is 3.67. The van der Waals surface area contributed by atoms with Crippen LogP contribution in [0.3, 0.4) is 0 Å². The number of aromatic nitrogens is 1. The SMILES string of the molecule is Cc1cc(C)c(NC(=S)NN=Cc2cccn2Cc2cc(C)ccc2C)c(C)c1. The van der Waals surface area contributed by atoms with E-state index in [1.807, 2.05) is 12.1 Å². The van der Waals surface area contributed by atoms with Gasteiger partial charge in [0.15, 0.2) is 5.11 Å². The maximum Gasteiger partial charge on any atom is 0.191 e. The molecule has 2 aromatic carbocycles. The molecular formula is C24H28N4S. The van der Waals surface area contributed by atoms with E-state index in [-0.39, 0.29) is 0 Å². The predicted molar refractivity (Wildman–Crippen MR) is 127 cm³/mol. The Kier molecular flexibility index (Phi) is 6.49. The molecule has 0 spiro atoms. The van der Waals surface area contributed by atoms with Crippen LogP contribution in [0, 0.1) is 34.6 Å². The zero-order valence-electron chi connectivity index (χ0n) is 17.7. The van der Waals surface area contributed by atoms with Crippen molar-refractivity contribution in [1.29, 1.82) is 0 Å². The topological polar surface area (TPSA) is 41.4 Å². The van der Waals surface area contributed by atoms with Gasteiger partial charge in [-0.25, -0.2) is 0 Å². The molecule has 0 saturated heterocycles. The predicted octanol–water partition coefficient (Wildman–Crippen LogP) is 5.40. The van der Waals surface area contributed by atoms with Crippen LogP contribution >= 0.6 is 12.2 Å². The van der Waals surface area contributed by atoms with Gasteiger partial charge in [0.1, 0.15) is 0 Å². The van der Waals surface area contributed by atoms with Gasteiger partial charge in [0, 0.05) is 18.4 Å². The van der Waals surface area contributed by atoms with Crippen molar-refractivity contribution in [2.75, 3.05) is 5.32 Å². The molecule has 2 N–H and O–H groups in total. The fraction of sp³-hybridized carbons (Fsp3) is 0.250. The van der Waals surface area contributed by atoms with Crippen LogP contribution in [0.25, 0.3) is 0 Å². The molecule has 0 bridgehead atoms. The lowest BCUT2D eigenvalue weighted by Gasteiger charge is -2.14. The highest BCUT2D eigenvalue weighted by Crippen LogP contribution is 2.21. The van der Waals surface area contributed by atoms with Crippen LogP contribution in [0.2, 0.25) is 0 Å². The Morgan fingerprint density at radius 2 is 1.69 bits per heavy atom. The first-order valence-electron chi connectivity index (χ1n) is 9.72. The summed E-state index contributed by atoms with van der Waals surface area (Å²) in [6, 6.07) is 14.9. The van der Waals surface area contributed by atoms with Gasteiger partial charge in [-0.05, 0) is 81.2 Å². The molecule has 0 aliphatic rings. The smallest absolute Gasteiger partial charge is 0.191 e. The fourth-order valence-electron chi connectivity index (χ4n) is 3.52. The van der Waals surface area contributed by atoms with Crippen molar-refractivity contribution in [1.82, 2.24) is 9.99 Å². The van der Waals surface area contributed by atoms with Crippen molar-refractivity contribution >= 4 is 29.2 Å². The Bertz CT molecular complexity index is 1040. The summed E-state index contributed by atoms with van der Waals surface area (Å²) in [4.78, 5) is 0. The summed E-state index contributed by atoms with van der Waals surface area (Å²) in [5.41, 5.74) is 12.4. The lowest BCUT2D eigenvalue weighted by Crippen LogP contribution is -2.25. The lowest BCUT2D eigenvalue weighted by molar-refractivity contribution is 0.793. The standard InChI is InChI=1S/C24H28N4S/c1-16-8-9-18(3)21(13-16)15-28-10-6-7-22(28)14-25-27-24(29)26-23-19(4)11-17(2)12-20(23)5/h6-14H,15H2,1-5H3,(H2,26,27,29). The molecule has 0 fully saturated rings. The first kappa shape index (κ1) is 20.8. The molecule has 0 aliphatic heterocycles. The summed E-state index contributed by atoms with van der Waals surface area (Å²) < 4.78 is 2.18. The number of nitrogens with zero attached hydrogens (tertiary/aromatic N) is 2. The minimum Gasteiger partial charge on any atom is -0.342 e. The zero-order valence-corrected chi connectivity index (χ0v) is 18.5. The first-order chi connectivity index (χ1) is 13.8. The zero-order chi connectivity index (χ0) is 21.0. The quantitative estimate of drug-likeness (QED) is 0.340. The molecule has 0 amide bonds. The van der Waals surface area contributed by atoms with E-state index in [0.717, 1.165) is 29.1 Å². The molecule has 0 aliphatic carbocycles. The van der Waals surface area contributed by atoms with Gasteiger partial charge in [0.2, 0.25) is 0 Å². The second kappa shape index (κ2) is 9.05. The Balaban J connectivity index is 1.65. The molecular weight excluding hydrogens is 376 g/mol. The second-order valence-corrected chi connectivity index (χ2v) is 8.00. The summed E-state index contributed by atoms with van der Waals surface area (Å²) in [6.07, 6.45) is 3.87. The number of anilines is 1. The minimum absolute atomic E-state index is 0.476. The highest BCUT2D eigenvalue weighted by Gasteiger charge is 2.06. The number of hydrogen-bond acceptors (Lipinski definition) is 2. The van der Waals surface area contributed by atoms with E-state index in [4.69, 9.17) is 12.2 Å². The number of thiocarbonyl (C=S) groups is 1. The molecule has 3 aromatic rings. The molecule has 0 unspecified atom stereocenters. The van der Waals surface area contributed by atoms with Crippen LogP contribution in [0.5, 0.6) is 0 Å². The van der Waals surface area contributed by atoms with Crippen LogP contribution in [0.1, 0.15) is 39.1 Å². The molecule has 29 heavy (non-hydrogen) atoms. The summed E-state index contributed by atoms with van der Waals surface area (Å²) in [5.74, 6) is 0. The normalized spacial score (nSPS) is 11.1. The van der Waals surface area contributed by atoms with Crippen LogP contribution < -0.4 is 10.7 Å². The van der Waals surface area contributed by atoms with E-state index in [2.05, 4.69) is 91.6 Å². The van der Waals surface area contributed by atoms with E-state index >= 15 is 0 Å². The van der Waals surface area contributed by atoms with Crippen molar-refractivity contribution in [3.05, 3.63) is 87.7 Å². The van der Waals surface area contributed by atoms with Crippen LogP contribution in [-0.2, 0) is 6.54 Å². The number of benzene rings is 2. The van der Waals surface area contributed by atoms with Gasteiger partial charge >= 0.3 is 0 Å². The van der Waals surface area contributed by atoms with E-state index in [1.165, 1.54) is 22.3 Å². The van der Waals surface area contributed by atoms with Gasteiger partial charge in [-0.3, -0.25) is 5.43 Å². The van der Waals surface area contributed by atoms with Gasteiger partial charge in [0.25, 0.3) is 0 Å². The molecule has 0 radical (unpaired) electrons. The Labute approximate surface area is 178 Å². The van der Waals surface area contributed by atoms with Gasteiger partial charge in [0.05, 0.1) is 11.9 Å². The summed E-state index contributed by atoms with van der Waals surface area (Å²) in [6.45, 7) is 11.3. The third-order valence-electron chi connectivity index (χ3n) is 4.99. The van der Waals surface area contributed by atoms with Crippen molar-refractivity contribution in [3.8, 4) is 0 Å². The Morgan fingerprint density at radius 3 is 2.41 bits per heavy atom. The number of nitrogens with one attached hydrogen (secondary N) is 2. The molecule has 0 saturated carbocycles. The lowest BCUT2D eigenvalue weighted by atomic mass is 10.1. The average Bonchev–Trinajstić information content (AvgIpc) is 3.08. The number of hydrazone groups is 1. The van der Waals surface area contributed by atoms with Crippen molar-refractivity contribution in [2.24, 2.45) is 5.10 Å². The van der Waals surface area contributed by atoms with E-state index in [9.17, 15) is 0 Å². The molecule has 1 heterocycles. The van der Waals surface area contributed by atoms with Crippen molar-refractivity contribution in [3.63, 3.8) is 0 Å². The summed E-state index contributed by atoms with van der Waals surface area (Å²) >= 11 is 5.41. The maximum absolute atomic E-state index is 5.41. The van der Waals surface area contributed by atoms with Crippen LogP contribution in [0.15, 0.2) is 53.8 Å². The van der Waals surface area contributed by atoms with Crippen molar-refractivity contribution < 1.29 is 0 Å². The molecule has 0 atom stereocenters. The Morgan fingerprint density at radius 1 is 0.966 bits per heavy atom. The van der Waals surface area contributed by atoms with Crippen molar-refractivity contribution in [2.45, 2.75) is 41.2 Å². The third-order valence-corrected chi connectivity index (χ3v) is 5.18. The van der Waals surface area contributed by atoms with Crippen LogP contribution in [-0.4, -0.2) is 15.9 Å². The first-order valence-corrected chi connectivity index (χ1v) is 10.1. The molecule has 150 valence electrons.